The van der Waals surface area contributed by atoms with Crippen LogP contribution in [0.1, 0.15) is 26.2 Å². The summed E-state index contributed by atoms with van der Waals surface area (Å²) in [6, 6.07) is 0. The summed E-state index contributed by atoms with van der Waals surface area (Å²) in [6.45, 7) is 1.64. The summed E-state index contributed by atoms with van der Waals surface area (Å²) in [6.07, 6.45) is 0.121. The highest BCUT2D eigenvalue weighted by Crippen LogP contribution is 2.30. The molecule has 1 rings (SSSR count). The van der Waals surface area contributed by atoms with E-state index in [9.17, 15) is 15.2 Å². The van der Waals surface area contributed by atoms with Gasteiger partial charge in [-0.1, -0.05) is 0 Å². The Balaban J connectivity index is 2.37. The zero-order chi connectivity index (χ0) is 11.4. The fourth-order valence-corrected chi connectivity index (χ4v) is 1.86. The maximum absolute atomic E-state index is 9.59. The summed E-state index contributed by atoms with van der Waals surface area (Å²) in [4.78, 5) is 0. The molecule has 3 N–H and O–H groups in total. The molecule has 4 atom stereocenters. The van der Waals surface area contributed by atoms with E-state index in [0.717, 1.165) is 0 Å². The molecule has 0 spiro atoms. The van der Waals surface area contributed by atoms with E-state index >= 15 is 0 Å². The maximum Gasteiger partial charge on any atom is 0.460 e. The van der Waals surface area contributed by atoms with Crippen LogP contribution in [0, 0.1) is 0 Å². The van der Waals surface area contributed by atoms with E-state index in [0.29, 0.717) is 19.3 Å². The van der Waals surface area contributed by atoms with Crippen LogP contribution in [-0.4, -0.2) is 48.0 Å². The first kappa shape index (κ1) is 12.9. The summed E-state index contributed by atoms with van der Waals surface area (Å²) in [5.74, 6) is -0.235. The van der Waals surface area contributed by atoms with Crippen molar-refractivity contribution in [3.05, 3.63) is 0 Å². The van der Waals surface area contributed by atoms with Crippen LogP contribution in [0.5, 0.6) is 0 Å². The molecule has 0 aromatic rings. The summed E-state index contributed by atoms with van der Waals surface area (Å²) in [7, 11) is 0.468. The Kier molecular flexibility index (Phi) is 5.01. The number of methoxy groups -OCH3 is 1. The van der Waals surface area contributed by atoms with Gasteiger partial charge >= 0.3 is 7.12 Å². The van der Waals surface area contributed by atoms with Crippen LogP contribution in [0.25, 0.3) is 0 Å². The molecule has 1 fully saturated rings. The minimum absolute atomic E-state index is 0.204. The number of rotatable bonds is 4. The third-order valence-electron chi connectivity index (χ3n) is 2.88. The lowest BCUT2D eigenvalue weighted by Gasteiger charge is -2.33. The number of hydrogen-bond acceptors (Lipinski definition) is 5. The largest absolute Gasteiger partial charge is 0.460 e. The number of aliphatic hydroxyl groups is 2. The van der Waals surface area contributed by atoms with Gasteiger partial charge in [-0.3, -0.25) is 0 Å². The standard InChI is InChI=1S/C9H19BO5/c1-6(11)8-4-3-7(15-10(8)13)5-9(12)14-2/h6-9,11-13H,3-5H2,1-2H3/t6-,7+,8+,9?/m1/s1. The van der Waals surface area contributed by atoms with E-state index in [2.05, 4.69) is 0 Å². The van der Waals surface area contributed by atoms with Gasteiger partial charge < -0.3 is 24.6 Å². The van der Waals surface area contributed by atoms with Crippen molar-refractivity contribution in [1.82, 2.24) is 0 Å². The molecular formula is C9H19BO5. The molecular weight excluding hydrogens is 199 g/mol. The summed E-state index contributed by atoms with van der Waals surface area (Å²) in [5, 5.41) is 28.2. The molecule has 15 heavy (non-hydrogen) atoms. The van der Waals surface area contributed by atoms with Crippen molar-refractivity contribution in [2.45, 2.75) is 50.5 Å². The predicted octanol–water partition coefficient (Wildman–Crippen LogP) is -0.248. The first-order valence-corrected chi connectivity index (χ1v) is 5.27. The van der Waals surface area contributed by atoms with Crippen LogP contribution in [-0.2, 0) is 9.39 Å². The molecule has 6 heteroatoms. The molecule has 0 saturated carbocycles. The second kappa shape index (κ2) is 5.82. The highest BCUT2D eigenvalue weighted by Gasteiger charge is 2.38. The van der Waals surface area contributed by atoms with Crippen LogP contribution in [0.3, 0.4) is 0 Å². The van der Waals surface area contributed by atoms with Crippen LogP contribution in [0.2, 0.25) is 5.82 Å². The van der Waals surface area contributed by atoms with Crippen LogP contribution in [0.15, 0.2) is 0 Å². The number of ether oxygens (including phenoxy) is 1. The van der Waals surface area contributed by atoms with Crippen LogP contribution in [0.4, 0.5) is 0 Å². The molecule has 1 heterocycles. The van der Waals surface area contributed by atoms with Gasteiger partial charge in [-0.15, -0.1) is 0 Å². The molecule has 88 valence electrons. The second-order valence-corrected chi connectivity index (χ2v) is 4.06. The van der Waals surface area contributed by atoms with Crippen LogP contribution < -0.4 is 0 Å². The lowest BCUT2D eigenvalue weighted by atomic mass is 9.64. The van der Waals surface area contributed by atoms with Crippen molar-refractivity contribution in [3.63, 3.8) is 0 Å². The Morgan fingerprint density at radius 1 is 1.47 bits per heavy atom. The first-order valence-electron chi connectivity index (χ1n) is 5.27. The van der Waals surface area contributed by atoms with Gasteiger partial charge in [-0.25, -0.2) is 0 Å². The highest BCUT2D eigenvalue weighted by atomic mass is 16.6. The summed E-state index contributed by atoms with van der Waals surface area (Å²) < 4.78 is 10.00. The zero-order valence-electron chi connectivity index (χ0n) is 9.17. The third-order valence-corrected chi connectivity index (χ3v) is 2.88. The van der Waals surface area contributed by atoms with Crippen molar-refractivity contribution < 1.29 is 24.6 Å². The fourth-order valence-electron chi connectivity index (χ4n) is 1.86. The van der Waals surface area contributed by atoms with Crippen molar-refractivity contribution in [1.29, 1.82) is 0 Å². The smallest absolute Gasteiger partial charge is 0.427 e. The minimum atomic E-state index is -0.951. The van der Waals surface area contributed by atoms with E-state index in [4.69, 9.17) is 9.39 Å². The topological polar surface area (TPSA) is 79.2 Å². The van der Waals surface area contributed by atoms with Crippen molar-refractivity contribution in [2.75, 3.05) is 7.11 Å². The maximum atomic E-state index is 9.59. The van der Waals surface area contributed by atoms with Gasteiger partial charge in [0, 0.05) is 25.5 Å². The molecule has 1 aliphatic rings. The molecule has 1 saturated heterocycles. The zero-order valence-corrected chi connectivity index (χ0v) is 9.17. The summed E-state index contributed by atoms with van der Waals surface area (Å²) in [5.41, 5.74) is 0. The molecule has 0 aromatic heterocycles. The molecule has 1 unspecified atom stereocenters. The van der Waals surface area contributed by atoms with Crippen molar-refractivity contribution >= 4 is 7.12 Å². The first-order chi connectivity index (χ1) is 7.04. The minimum Gasteiger partial charge on any atom is -0.427 e. The Bertz CT molecular complexity index is 189. The van der Waals surface area contributed by atoms with Gasteiger partial charge in [0.15, 0.2) is 6.29 Å². The third kappa shape index (κ3) is 3.73. The Morgan fingerprint density at radius 2 is 2.13 bits per heavy atom. The molecule has 5 nitrogen and oxygen atoms in total. The Morgan fingerprint density at radius 3 is 2.60 bits per heavy atom. The molecule has 0 aromatic carbocycles. The van der Waals surface area contributed by atoms with E-state index < -0.39 is 19.5 Å². The normalized spacial score (nSPS) is 31.4. The van der Waals surface area contributed by atoms with Crippen LogP contribution >= 0.6 is 0 Å². The van der Waals surface area contributed by atoms with Gasteiger partial charge in [0.05, 0.1) is 6.10 Å². The molecule has 0 amide bonds. The average Bonchev–Trinajstić information content (AvgIpc) is 2.17. The number of hydrogen-bond donors (Lipinski definition) is 3. The fraction of sp³-hybridized carbons (Fsp3) is 1.00. The molecule has 0 radical (unpaired) electrons. The van der Waals surface area contributed by atoms with Gasteiger partial charge in [-0.05, 0) is 19.8 Å². The highest BCUT2D eigenvalue weighted by molar-refractivity contribution is 6.45. The van der Waals surface area contributed by atoms with Gasteiger partial charge in [0.2, 0.25) is 0 Å². The van der Waals surface area contributed by atoms with E-state index in [1.165, 1.54) is 7.11 Å². The number of aliphatic hydroxyl groups excluding tert-OH is 2. The monoisotopic (exact) mass is 218 g/mol. The Hall–Kier alpha value is -0.135. The van der Waals surface area contributed by atoms with Gasteiger partial charge in [0.1, 0.15) is 0 Å². The van der Waals surface area contributed by atoms with Gasteiger partial charge in [-0.2, -0.15) is 0 Å². The van der Waals surface area contributed by atoms with Gasteiger partial charge in [0.25, 0.3) is 0 Å². The Labute approximate surface area is 90.2 Å². The van der Waals surface area contributed by atoms with E-state index in [1.54, 1.807) is 6.92 Å². The molecule has 1 aliphatic heterocycles. The van der Waals surface area contributed by atoms with Crippen molar-refractivity contribution in [3.8, 4) is 0 Å². The molecule has 0 aliphatic carbocycles. The second-order valence-electron chi connectivity index (χ2n) is 4.06. The summed E-state index contributed by atoms with van der Waals surface area (Å²) >= 11 is 0. The van der Waals surface area contributed by atoms with E-state index in [1.807, 2.05) is 0 Å². The lowest BCUT2D eigenvalue weighted by Crippen LogP contribution is -2.41. The van der Waals surface area contributed by atoms with Crippen molar-refractivity contribution in [2.24, 2.45) is 0 Å². The average molecular weight is 218 g/mol. The SMILES string of the molecule is COC(O)C[C@@H]1CC[C@@H]([C@@H](C)O)B(O)O1. The lowest BCUT2D eigenvalue weighted by molar-refractivity contribution is -0.0998. The molecule has 0 bridgehead atoms. The quantitative estimate of drug-likeness (QED) is 0.448. The van der Waals surface area contributed by atoms with E-state index in [-0.39, 0.29) is 11.9 Å². The predicted molar refractivity (Wildman–Crippen MR) is 55.1 cm³/mol.